The minimum absolute atomic E-state index is 0.357. The molecule has 3 rings (SSSR count). The Kier molecular flexibility index (Phi) is 4.67. The quantitative estimate of drug-likeness (QED) is 0.705. The first kappa shape index (κ1) is 16.9. The molecule has 0 radical (unpaired) electrons. The summed E-state index contributed by atoms with van der Waals surface area (Å²) in [5, 5.41) is 0.430. The van der Waals surface area contributed by atoms with Crippen molar-refractivity contribution in [2.45, 2.75) is 6.92 Å². The molecule has 1 aromatic heterocycles. The van der Waals surface area contributed by atoms with Crippen molar-refractivity contribution in [2.24, 2.45) is 0 Å². The maximum atomic E-state index is 13.9. The third-order valence-electron chi connectivity index (χ3n) is 3.75. The smallest absolute Gasteiger partial charge is 0.280 e. The molecular formula is C18H15FN2O3S. The minimum atomic E-state index is -0.486. The summed E-state index contributed by atoms with van der Waals surface area (Å²) in [6.45, 7) is 1.68. The van der Waals surface area contributed by atoms with Crippen molar-refractivity contribution in [3.05, 3.63) is 64.3 Å². The number of hydrogen-bond donors (Lipinski definition) is 2. The fourth-order valence-electron chi connectivity index (χ4n) is 2.45. The Morgan fingerprint density at radius 3 is 2.36 bits per heavy atom. The maximum absolute atomic E-state index is 13.9. The van der Waals surface area contributed by atoms with Gasteiger partial charge in [-0.1, -0.05) is 6.07 Å². The van der Waals surface area contributed by atoms with E-state index in [9.17, 15) is 14.0 Å². The Labute approximate surface area is 147 Å². The van der Waals surface area contributed by atoms with Gasteiger partial charge < -0.3 is 4.74 Å². The number of hydrogen-bond acceptors (Lipinski definition) is 4. The van der Waals surface area contributed by atoms with Gasteiger partial charge >= 0.3 is 0 Å². The Morgan fingerprint density at radius 2 is 1.72 bits per heavy atom. The Balaban J connectivity index is 1.73. The number of fused-ring (bicyclic) bond motifs is 1. The molecule has 0 aliphatic rings. The van der Waals surface area contributed by atoms with Crippen molar-refractivity contribution < 1.29 is 18.7 Å². The predicted octanol–water partition coefficient (Wildman–Crippen LogP) is 3.43. The average molecular weight is 358 g/mol. The molecule has 0 bridgehead atoms. The van der Waals surface area contributed by atoms with Crippen LogP contribution in [0.4, 0.5) is 4.39 Å². The van der Waals surface area contributed by atoms with E-state index in [-0.39, 0.29) is 5.82 Å². The minimum Gasteiger partial charge on any atom is -0.497 e. The largest absolute Gasteiger partial charge is 0.497 e. The Morgan fingerprint density at radius 1 is 1.04 bits per heavy atom. The number of aryl methyl sites for hydroxylation is 1. The van der Waals surface area contributed by atoms with Gasteiger partial charge in [0.1, 0.15) is 11.6 Å². The maximum Gasteiger partial charge on any atom is 0.280 e. The average Bonchev–Trinajstić information content (AvgIpc) is 2.97. The number of carbonyl (C=O) groups is 2. The summed E-state index contributed by atoms with van der Waals surface area (Å²) >= 11 is 1.18. The molecule has 2 N–H and O–H groups in total. The van der Waals surface area contributed by atoms with Gasteiger partial charge in [0, 0.05) is 15.6 Å². The molecule has 0 aliphatic carbocycles. The SMILES string of the molecule is COc1ccc(C(=O)NNC(=O)c2sc3cccc(F)c3c2C)cc1. The van der Waals surface area contributed by atoms with Gasteiger partial charge in [-0.3, -0.25) is 20.4 Å². The summed E-state index contributed by atoms with van der Waals surface area (Å²) in [5.74, 6) is -0.683. The van der Waals surface area contributed by atoms with E-state index in [2.05, 4.69) is 10.9 Å². The standard InChI is InChI=1S/C18H15FN2O3S/c1-10-15-13(19)4-3-5-14(15)25-16(10)18(23)21-20-17(22)11-6-8-12(24-2)9-7-11/h3-9H,1-2H3,(H,20,22)(H,21,23). The Bertz CT molecular complexity index is 951. The van der Waals surface area contributed by atoms with Crippen LogP contribution < -0.4 is 15.6 Å². The number of methoxy groups -OCH3 is 1. The normalized spacial score (nSPS) is 10.5. The number of halogens is 1. The van der Waals surface area contributed by atoms with Gasteiger partial charge in [-0.15, -0.1) is 11.3 Å². The van der Waals surface area contributed by atoms with Crippen molar-refractivity contribution in [3.8, 4) is 5.75 Å². The fraction of sp³-hybridized carbons (Fsp3) is 0.111. The second-order valence-electron chi connectivity index (χ2n) is 5.31. The van der Waals surface area contributed by atoms with Crippen LogP contribution >= 0.6 is 11.3 Å². The van der Waals surface area contributed by atoms with Crippen LogP contribution in [0.15, 0.2) is 42.5 Å². The van der Waals surface area contributed by atoms with E-state index in [0.29, 0.717) is 31.8 Å². The van der Waals surface area contributed by atoms with Crippen LogP contribution in [0, 0.1) is 12.7 Å². The van der Waals surface area contributed by atoms with Crippen molar-refractivity contribution in [2.75, 3.05) is 7.11 Å². The lowest BCUT2D eigenvalue weighted by Gasteiger charge is -2.07. The first-order chi connectivity index (χ1) is 12.0. The van der Waals surface area contributed by atoms with Gasteiger partial charge in [0.15, 0.2) is 0 Å². The van der Waals surface area contributed by atoms with Crippen LogP contribution in [0.25, 0.3) is 10.1 Å². The monoisotopic (exact) mass is 358 g/mol. The van der Waals surface area contributed by atoms with Crippen LogP contribution in [0.5, 0.6) is 5.75 Å². The number of carbonyl (C=O) groups excluding carboxylic acids is 2. The zero-order valence-corrected chi connectivity index (χ0v) is 14.4. The number of ether oxygens (including phenoxy) is 1. The summed E-state index contributed by atoms with van der Waals surface area (Å²) in [4.78, 5) is 24.7. The highest BCUT2D eigenvalue weighted by Gasteiger charge is 2.18. The van der Waals surface area contributed by atoms with Gasteiger partial charge in [-0.2, -0.15) is 0 Å². The molecule has 0 aliphatic heterocycles. The van der Waals surface area contributed by atoms with Crippen LogP contribution in [0.1, 0.15) is 25.6 Å². The number of nitrogens with one attached hydrogen (secondary N) is 2. The van der Waals surface area contributed by atoms with Crippen molar-refractivity contribution in [1.29, 1.82) is 0 Å². The summed E-state index contributed by atoms with van der Waals surface area (Å²) in [6.07, 6.45) is 0. The number of amides is 2. The van der Waals surface area contributed by atoms with Crippen molar-refractivity contribution in [3.63, 3.8) is 0 Å². The molecule has 0 atom stereocenters. The zero-order valence-electron chi connectivity index (χ0n) is 13.6. The van der Waals surface area contributed by atoms with E-state index < -0.39 is 11.8 Å². The summed E-state index contributed by atoms with van der Waals surface area (Å²) < 4.78 is 19.6. The van der Waals surface area contributed by atoms with Crippen molar-refractivity contribution >= 4 is 33.2 Å². The molecule has 0 fully saturated rings. The molecule has 2 aromatic carbocycles. The highest BCUT2D eigenvalue weighted by Crippen LogP contribution is 2.32. The van der Waals surface area contributed by atoms with Crippen molar-refractivity contribution in [1.82, 2.24) is 10.9 Å². The fourth-order valence-corrected chi connectivity index (χ4v) is 3.57. The van der Waals surface area contributed by atoms with E-state index >= 15 is 0 Å². The third-order valence-corrected chi connectivity index (χ3v) is 5.01. The second-order valence-corrected chi connectivity index (χ2v) is 6.36. The molecule has 25 heavy (non-hydrogen) atoms. The topological polar surface area (TPSA) is 67.4 Å². The van der Waals surface area contributed by atoms with Crippen LogP contribution in [-0.2, 0) is 0 Å². The van der Waals surface area contributed by atoms with Crippen LogP contribution in [0.3, 0.4) is 0 Å². The summed E-state index contributed by atoms with van der Waals surface area (Å²) in [7, 11) is 1.53. The molecular weight excluding hydrogens is 343 g/mol. The van der Waals surface area contributed by atoms with Gasteiger partial charge in [0.25, 0.3) is 11.8 Å². The van der Waals surface area contributed by atoms with Gasteiger partial charge in [-0.05, 0) is 48.9 Å². The molecule has 0 saturated heterocycles. The van der Waals surface area contributed by atoms with E-state index in [1.54, 1.807) is 43.3 Å². The first-order valence-corrected chi connectivity index (χ1v) is 8.25. The highest BCUT2D eigenvalue weighted by atomic mass is 32.1. The Hall–Kier alpha value is -2.93. The summed E-state index contributed by atoms with van der Waals surface area (Å²) in [5.41, 5.74) is 5.65. The first-order valence-electron chi connectivity index (χ1n) is 7.43. The van der Waals surface area contributed by atoms with E-state index in [4.69, 9.17) is 4.74 Å². The lowest BCUT2D eigenvalue weighted by atomic mass is 10.1. The molecule has 1 heterocycles. The molecule has 7 heteroatoms. The number of hydrazine groups is 1. The second kappa shape index (κ2) is 6.90. The lowest BCUT2D eigenvalue weighted by Crippen LogP contribution is -2.41. The molecule has 0 saturated carbocycles. The van der Waals surface area contributed by atoms with Gasteiger partial charge in [0.2, 0.25) is 0 Å². The predicted molar refractivity (Wildman–Crippen MR) is 94.4 cm³/mol. The van der Waals surface area contributed by atoms with Gasteiger partial charge in [-0.25, -0.2) is 4.39 Å². The lowest BCUT2D eigenvalue weighted by molar-refractivity contribution is 0.0848. The van der Waals surface area contributed by atoms with E-state index in [0.717, 1.165) is 0 Å². The number of thiophene rings is 1. The molecule has 5 nitrogen and oxygen atoms in total. The molecule has 3 aromatic rings. The van der Waals surface area contributed by atoms with Crippen LogP contribution in [-0.4, -0.2) is 18.9 Å². The number of rotatable bonds is 3. The van der Waals surface area contributed by atoms with E-state index in [1.165, 1.54) is 24.5 Å². The molecule has 128 valence electrons. The molecule has 0 spiro atoms. The van der Waals surface area contributed by atoms with Crippen LogP contribution in [0.2, 0.25) is 0 Å². The molecule has 0 unspecified atom stereocenters. The highest BCUT2D eigenvalue weighted by molar-refractivity contribution is 7.21. The van der Waals surface area contributed by atoms with E-state index in [1.807, 2.05) is 0 Å². The molecule has 2 amide bonds. The summed E-state index contributed by atoms with van der Waals surface area (Å²) in [6, 6.07) is 11.2. The zero-order chi connectivity index (χ0) is 18.0. The third kappa shape index (κ3) is 3.32. The number of benzene rings is 2. The van der Waals surface area contributed by atoms with Gasteiger partial charge in [0.05, 0.1) is 12.0 Å².